The second-order valence-corrected chi connectivity index (χ2v) is 8.33. The number of carbonyl (C=O) groups is 2. The van der Waals surface area contributed by atoms with Gasteiger partial charge in [-0.2, -0.15) is 0 Å². The van der Waals surface area contributed by atoms with Crippen LogP contribution in [0.4, 0.5) is 0 Å². The molecule has 0 unspecified atom stereocenters. The SMILES string of the molecule is COC(=O)c1c(C)cc(OC(=O)c2c(C)cc(OC)cc2OC)cc1O[C@@H]1O[C@H](CO)[C@@H](O)[C@H](O)[C@H]1O. The fourth-order valence-electron chi connectivity index (χ4n) is 3.95. The quantitative estimate of drug-likeness (QED) is 0.280. The summed E-state index contributed by atoms with van der Waals surface area (Å²) in [6.45, 7) is 2.55. The molecule has 2 aromatic rings. The molecule has 0 amide bonds. The highest BCUT2D eigenvalue weighted by Crippen LogP contribution is 2.34. The van der Waals surface area contributed by atoms with Crippen molar-refractivity contribution in [3.05, 3.63) is 46.5 Å². The van der Waals surface area contributed by atoms with Crippen molar-refractivity contribution in [1.29, 1.82) is 0 Å². The fraction of sp³-hybridized carbons (Fsp3) is 0.440. The Hall–Kier alpha value is -3.42. The van der Waals surface area contributed by atoms with Gasteiger partial charge in [0, 0.05) is 12.1 Å². The lowest BCUT2D eigenvalue weighted by Gasteiger charge is -2.39. The molecule has 12 nitrogen and oxygen atoms in total. The van der Waals surface area contributed by atoms with E-state index in [1.165, 1.54) is 32.4 Å². The molecule has 0 bridgehead atoms. The molecular formula is C25H30O12. The third-order valence-electron chi connectivity index (χ3n) is 5.90. The number of benzene rings is 2. The Balaban J connectivity index is 1.99. The van der Waals surface area contributed by atoms with Crippen molar-refractivity contribution in [3.8, 4) is 23.0 Å². The van der Waals surface area contributed by atoms with Gasteiger partial charge in [0.25, 0.3) is 0 Å². The zero-order valence-electron chi connectivity index (χ0n) is 21.0. The molecule has 12 heteroatoms. The molecule has 5 atom stereocenters. The van der Waals surface area contributed by atoms with E-state index in [0.717, 1.165) is 7.11 Å². The van der Waals surface area contributed by atoms with Crippen LogP contribution in [0.5, 0.6) is 23.0 Å². The number of ether oxygens (including phenoxy) is 6. The van der Waals surface area contributed by atoms with Gasteiger partial charge in [0.15, 0.2) is 0 Å². The van der Waals surface area contributed by atoms with Crippen molar-refractivity contribution < 1.29 is 58.4 Å². The van der Waals surface area contributed by atoms with E-state index in [4.69, 9.17) is 28.4 Å². The maximum atomic E-state index is 13.1. The van der Waals surface area contributed by atoms with Gasteiger partial charge in [-0.1, -0.05) is 0 Å². The number of aryl methyl sites for hydroxylation is 2. The molecule has 0 saturated carbocycles. The van der Waals surface area contributed by atoms with Gasteiger partial charge >= 0.3 is 11.9 Å². The van der Waals surface area contributed by atoms with E-state index in [2.05, 4.69) is 0 Å². The van der Waals surface area contributed by atoms with Gasteiger partial charge in [0.2, 0.25) is 6.29 Å². The molecule has 2 aromatic carbocycles. The molecule has 0 aromatic heterocycles. The number of carbonyl (C=O) groups excluding carboxylic acids is 2. The van der Waals surface area contributed by atoms with Gasteiger partial charge in [-0.25, -0.2) is 9.59 Å². The molecule has 0 radical (unpaired) electrons. The van der Waals surface area contributed by atoms with Crippen LogP contribution in [-0.4, -0.2) is 91.0 Å². The van der Waals surface area contributed by atoms with Crippen LogP contribution in [0.2, 0.25) is 0 Å². The smallest absolute Gasteiger partial charge is 0.347 e. The van der Waals surface area contributed by atoms with Crippen molar-refractivity contribution in [3.63, 3.8) is 0 Å². The van der Waals surface area contributed by atoms with Gasteiger partial charge in [-0.05, 0) is 37.1 Å². The standard InChI is InChI=1S/C25H30O12/c1-11-6-13(32-3)8-15(33-4)18(11)24(31)35-14-7-12(2)19(23(30)34-5)16(9-14)36-25-22(29)21(28)20(27)17(10-26)37-25/h6-9,17,20-22,25-29H,10H2,1-5H3/t17-,20-,21+,22-,25-/m1/s1. The second-order valence-electron chi connectivity index (χ2n) is 8.33. The summed E-state index contributed by atoms with van der Waals surface area (Å²) in [5, 5.41) is 39.9. The Labute approximate surface area is 212 Å². The first-order chi connectivity index (χ1) is 17.6. The van der Waals surface area contributed by atoms with Crippen LogP contribution >= 0.6 is 0 Å². The predicted octanol–water partition coefficient (Wildman–Crippen LogP) is 0.505. The summed E-state index contributed by atoms with van der Waals surface area (Å²) in [4.78, 5) is 25.6. The van der Waals surface area contributed by atoms with Crippen LogP contribution in [-0.2, 0) is 9.47 Å². The van der Waals surface area contributed by atoms with Gasteiger partial charge < -0.3 is 48.8 Å². The van der Waals surface area contributed by atoms with Crippen molar-refractivity contribution in [2.24, 2.45) is 0 Å². The molecule has 1 fully saturated rings. The third-order valence-corrected chi connectivity index (χ3v) is 5.90. The van der Waals surface area contributed by atoms with E-state index in [1.807, 2.05) is 0 Å². The maximum Gasteiger partial charge on any atom is 0.347 e. The first kappa shape index (κ1) is 28.2. The van der Waals surface area contributed by atoms with Crippen LogP contribution < -0.4 is 18.9 Å². The van der Waals surface area contributed by atoms with Gasteiger partial charge in [-0.3, -0.25) is 0 Å². The number of aliphatic hydroxyl groups is 4. The Morgan fingerprint density at radius 1 is 0.811 bits per heavy atom. The minimum Gasteiger partial charge on any atom is -0.497 e. The number of hydrogen-bond donors (Lipinski definition) is 4. The van der Waals surface area contributed by atoms with Crippen LogP contribution in [0.25, 0.3) is 0 Å². The molecule has 0 aliphatic carbocycles. The number of rotatable bonds is 8. The number of hydrogen-bond acceptors (Lipinski definition) is 12. The molecule has 3 rings (SSSR count). The summed E-state index contributed by atoms with van der Waals surface area (Å²) in [5.41, 5.74) is 0.920. The summed E-state index contributed by atoms with van der Waals surface area (Å²) < 4.78 is 32.0. The Bertz CT molecular complexity index is 1140. The Kier molecular flexibility index (Phi) is 8.94. The van der Waals surface area contributed by atoms with Crippen LogP contribution in [0.3, 0.4) is 0 Å². The summed E-state index contributed by atoms with van der Waals surface area (Å²) in [5.74, 6) is -1.06. The Morgan fingerprint density at radius 2 is 1.41 bits per heavy atom. The summed E-state index contributed by atoms with van der Waals surface area (Å²) in [6, 6.07) is 5.79. The topological polar surface area (TPSA) is 170 Å². The van der Waals surface area contributed by atoms with Crippen molar-refractivity contribution in [2.75, 3.05) is 27.9 Å². The first-order valence-corrected chi connectivity index (χ1v) is 11.2. The minimum absolute atomic E-state index is 0.0213. The highest BCUT2D eigenvalue weighted by atomic mass is 16.7. The number of methoxy groups -OCH3 is 3. The van der Waals surface area contributed by atoms with Crippen LogP contribution in [0, 0.1) is 13.8 Å². The summed E-state index contributed by atoms with van der Waals surface area (Å²) in [7, 11) is 4.04. The molecule has 1 heterocycles. The first-order valence-electron chi connectivity index (χ1n) is 11.2. The molecular weight excluding hydrogens is 492 g/mol. The van der Waals surface area contributed by atoms with Gasteiger partial charge in [-0.15, -0.1) is 0 Å². The van der Waals surface area contributed by atoms with E-state index in [-0.39, 0.29) is 28.4 Å². The zero-order chi connectivity index (χ0) is 27.4. The fourth-order valence-corrected chi connectivity index (χ4v) is 3.95. The van der Waals surface area contributed by atoms with Crippen LogP contribution in [0.1, 0.15) is 31.8 Å². The van der Waals surface area contributed by atoms with E-state index in [1.54, 1.807) is 19.9 Å². The predicted molar refractivity (Wildman–Crippen MR) is 126 cm³/mol. The molecule has 0 spiro atoms. The lowest BCUT2D eigenvalue weighted by molar-refractivity contribution is -0.277. The lowest BCUT2D eigenvalue weighted by Crippen LogP contribution is -2.60. The van der Waals surface area contributed by atoms with Crippen molar-refractivity contribution in [2.45, 2.75) is 44.6 Å². The van der Waals surface area contributed by atoms with E-state index >= 15 is 0 Å². The average molecular weight is 523 g/mol. The third kappa shape index (κ3) is 5.78. The van der Waals surface area contributed by atoms with E-state index in [0.29, 0.717) is 16.9 Å². The largest absolute Gasteiger partial charge is 0.497 e. The highest BCUT2D eigenvalue weighted by Gasteiger charge is 2.45. The Morgan fingerprint density at radius 3 is 1.97 bits per heavy atom. The summed E-state index contributed by atoms with van der Waals surface area (Å²) in [6.07, 6.45) is -7.87. The normalized spacial score (nSPS) is 23.2. The molecule has 1 saturated heterocycles. The summed E-state index contributed by atoms with van der Waals surface area (Å²) >= 11 is 0. The van der Waals surface area contributed by atoms with Gasteiger partial charge in [0.05, 0.1) is 27.9 Å². The monoisotopic (exact) mass is 522 g/mol. The molecule has 1 aliphatic rings. The lowest BCUT2D eigenvalue weighted by atomic mass is 9.99. The van der Waals surface area contributed by atoms with E-state index in [9.17, 15) is 30.0 Å². The molecule has 202 valence electrons. The second kappa shape index (κ2) is 11.8. The van der Waals surface area contributed by atoms with Crippen molar-refractivity contribution >= 4 is 11.9 Å². The zero-order valence-corrected chi connectivity index (χ0v) is 21.0. The molecule has 37 heavy (non-hydrogen) atoms. The molecule has 1 aliphatic heterocycles. The highest BCUT2D eigenvalue weighted by molar-refractivity contribution is 5.97. The number of esters is 2. The van der Waals surface area contributed by atoms with Crippen LogP contribution in [0.15, 0.2) is 24.3 Å². The molecule has 4 N–H and O–H groups in total. The van der Waals surface area contributed by atoms with Gasteiger partial charge in [0.1, 0.15) is 58.5 Å². The minimum atomic E-state index is -1.74. The average Bonchev–Trinajstić information content (AvgIpc) is 2.87. The van der Waals surface area contributed by atoms with Crippen molar-refractivity contribution in [1.82, 2.24) is 0 Å². The van der Waals surface area contributed by atoms with E-state index < -0.39 is 49.3 Å². The number of aliphatic hydroxyl groups excluding tert-OH is 4. The maximum absolute atomic E-state index is 13.1.